The lowest BCUT2D eigenvalue weighted by Gasteiger charge is -2.27. The minimum atomic E-state index is -0.537. The molecule has 1 atom stereocenters. The highest BCUT2D eigenvalue weighted by molar-refractivity contribution is 6.01. The number of nitro benzene ring substituents is 1. The van der Waals surface area contributed by atoms with E-state index >= 15 is 0 Å². The molecule has 0 fully saturated rings. The molecule has 4 aromatic rings. The first kappa shape index (κ1) is 22.0. The molecule has 1 aromatic heterocycles. The number of rotatable bonds is 7. The first-order chi connectivity index (χ1) is 17.0. The molecule has 0 saturated carbocycles. The monoisotopic (exact) mass is 471 g/mol. The van der Waals surface area contributed by atoms with E-state index in [9.17, 15) is 14.9 Å². The normalized spacial score (nSPS) is 14.4. The first-order valence-corrected chi connectivity index (χ1v) is 10.8. The van der Waals surface area contributed by atoms with E-state index in [0.29, 0.717) is 22.7 Å². The van der Waals surface area contributed by atoms with Crippen molar-refractivity contribution in [3.05, 3.63) is 106 Å². The summed E-state index contributed by atoms with van der Waals surface area (Å²) < 4.78 is 12.9. The van der Waals surface area contributed by atoms with Crippen LogP contribution in [0.3, 0.4) is 0 Å². The summed E-state index contributed by atoms with van der Waals surface area (Å²) in [4.78, 5) is 23.6. The van der Waals surface area contributed by atoms with E-state index in [-0.39, 0.29) is 24.0 Å². The summed E-state index contributed by atoms with van der Waals surface area (Å²) in [6.45, 7) is 0.0374. The van der Waals surface area contributed by atoms with Gasteiger partial charge in [-0.05, 0) is 35.9 Å². The van der Waals surface area contributed by atoms with Crippen molar-refractivity contribution in [1.29, 1.82) is 0 Å². The number of hydrogen-bond donors (Lipinski definition) is 2. The van der Waals surface area contributed by atoms with Crippen LogP contribution in [0.2, 0.25) is 0 Å². The zero-order chi connectivity index (χ0) is 24.4. The zero-order valence-corrected chi connectivity index (χ0v) is 18.7. The number of carbonyl (C=O) groups is 1. The predicted octanol–water partition coefficient (Wildman–Crippen LogP) is 4.22. The van der Waals surface area contributed by atoms with E-state index in [1.807, 2.05) is 42.5 Å². The maximum Gasteiger partial charge on any atom is 0.310 e. The molecule has 10 heteroatoms. The molecule has 1 aliphatic rings. The van der Waals surface area contributed by atoms with E-state index in [2.05, 4.69) is 15.7 Å². The molecule has 3 aromatic carbocycles. The average molecular weight is 471 g/mol. The summed E-state index contributed by atoms with van der Waals surface area (Å²) in [7, 11) is 1.54. The second-order valence-corrected chi connectivity index (χ2v) is 7.79. The number of carbonyl (C=O) groups excluding carboxylic acids is 1. The van der Waals surface area contributed by atoms with Crippen molar-refractivity contribution in [2.24, 2.45) is 0 Å². The van der Waals surface area contributed by atoms with Gasteiger partial charge in [-0.2, -0.15) is 5.10 Å². The Bertz CT molecular complexity index is 1400. The molecule has 2 heterocycles. The van der Waals surface area contributed by atoms with Gasteiger partial charge >= 0.3 is 5.69 Å². The summed E-state index contributed by atoms with van der Waals surface area (Å²) in [6.07, 6.45) is 0.992. The Labute approximate surface area is 200 Å². The van der Waals surface area contributed by atoms with Gasteiger partial charge in [-0.1, -0.05) is 36.4 Å². The molecule has 0 radical (unpaired) electrons. The van der Waals surface area contributed by atoms with Crippen LogP contribution in [0.5, 0.6) is 11.5 Å². The molecule has 5 rings (SSSR count). The van der Waals surface area contributed by atoms with Crippen LogP contribution in [0, 0.1) is 10.1 Å². The lowest BCUT2D eigenvalue weighted by atomic mass is 10.1. The van der Waals surface area contributed by atoms with Crippen LogP contribution >= 0.6 is 0 Å². The number of fused-ring (bicyclic) bond motifs is 1. The van der Waals surface area contributed by atoms with Crippen LogP contribution in [-0.4, -0.2) is 27.7 Å². The minimum Gasteiger partial charge on any atom is -0.496 e. The molecular formula is C25H21N5O5. The van der Waals surface area contributed by atoms with Gasteiger partial charge in [0.1, 0.15) is 29.9 Å². The van der Waals surface area contributed by atoms with Gasteiger partial charge in [-0.3, -0.25) is 14.9 Å². The largest absolute Gasteiger partial charge is 0.496 e. The fraction of sp³-hybridized carbons (Fsp3) is 0.120. The molecule has 0 saturated heterocycles. The summed E-state index contributed by atoms with van der Waals surface area (Å²) in [5.74, 6) is 1.05. The smallest absolute Gasteiger partial charge is 0.310 e. The molecule has 35 heavy (non-hydrogen) atoms. The number of methoxy groups -OCH3 is 1. The Kier molecular flexibility index (Phi) is 5.76. The Morgan fingerprint density at radius 1 is 1.03 bits per heavy atom. The van der Waals surface area contributed by atoms with E-state index in [4.69, 9.17) is 9.47 Å². The van der Waals surface area contributed by atoms with Gasteiger partial charge in [0.15, 0.2) is 5.75 Å². The molecule has 0 unspecified atom stereocenters. The summed E-state index contributed by atoms with van der Waals surface area (Å²) in [6, 6.07) is 21.1. The molecule has 176 valence electrons. The number of para-hydroxylation sites is 3. The van der Waals surface area contributed by atoms with Crippen LogP contribution in [0.4, 0.5) is 11.5 Å². The molecular weight excluding hydrogens is 450 g/mol. The summed E-state index contributed by atoms with van der Waals surface area (Å²) >= 11 is 0. The van der Waals surface area contributed by atoms with Gasteiger partial charge in [0.05, 0.1) is 23.9 Å². The predicted molar refractivity (Wildman–Crippen MR) is 128 cm³/mol. The highest BCUT2D eigenvalue weighted by Crippen LogP contribution is 2.32. The second-order valence-electron chi connectivity index (χ2n) is 7.79. The van der Waals surface area contributed by atoms with Gasteiger partial charge < -0.3 is 20.1 Å². The highest BCUT2D eigenvalue weighted by atomic mass is 16.6. The summed E-state index contributed by atoms with van der Waals surface area (Å²) in [5, 5.41) is 22.0. The number of anilines is 1. The minimum absolute atomic E-state index is 0.0374. The lowest BCUT2D eigenvalue weighted by Crippen LogP contribution is -2.38. The number of benzene rings is 3. The van der Waals surface area contributed by atoms with Crippen LogP contribution in [0.1, 0.15) is 27.7 Å². The zero-order valence-electron chi connectivity index (χ0n) is 18.7. The summed E-state index contributed by atoms with van der Waals surface area (Å²) in [5.41, 5.74) is 2.57. The fourth-order valence-electron chi connectivity index (χ4n) is 3.94. The van der Waals surface area contributed by atoms with Crippen molar-refractivity contribution >= 4 is 17.4 Å². The van der Waals surface area contributed by atoms with Gasteiger partial charge in [0, 0.05) is 11.6 Å². The van der Waals surface area contributed by atoms with Crippen LogP contribution in [0.15, 0.2) is 79.0 Å². The van der Waals surface area contributed by atoms with Crippen molar-refractivity contribution in [2.75, 3.05) is 12.4 Å². The Morgan fingerprint density at radius 3 is 2.57 bits per heavy atom. The van der Waals surface area contributed by atoms with Crippen molar-refractivity contribution in [1.82, 2.24) is 15.1 Å². The van der Waals surface area contributed by atoms with Gasteiger partial charge in [0.25, 0.3) is 5.91 Å². The molecule has 0 aliphatic carbocycles. The Morgan fingerprint density at radius 2 is 1.80 bits per heavy atom. The fourth-order valence-corrected chi connectivity index (χ4v) is 3.94. The van der Waals surface area contributed by atoms with E-state index in [0.717, 1.165) is 11.3 Å². The standard InChI is InChI=1S/C25H21N5O5/c1-34-21-12-11-16(13-17(21)15-35-22-10-6-5-9-20(22)30(32)33)23-27-24-19(25(31)28-23)14-26-29(24)18-7-3-2-4-8-18/h2-14,23,27H,15H2,1H3,(H,28,31)/t23-/m1/s1. The lowest BCUT2D eigenvalue weighted by molar-refractivity contribution is -0.385. The maximum atomic E-state index is 12.8. The Hall–Kier alpha value is -4.86. The van der Waals surface area contributed by atoms with Crippen molar-refractivity contribution < 1.29 is 19.2 Å². The number of nitrogens with one attached hydrogen (secondary N) is 2. The van der Waals surface area contributed by atoms with E-state index < -0.39 is 11.1 Å². The molecule has 1 amide bonds. The SMILES string of the molecule is COc1ccc([C@H]2NC(=O)c3cnn(-c4ccccc4)c3N2)cc1COc1ccccc1[N+](=O)[O-]. The number of nitrogens with zero attached hydrogens (tertiary/aromatic N) is 3. The quantitative estimate of drug-likeness (QED) is 0.306. The van der Waals surface area contributed by atoms with Gasteiger partial charge in [-0.25, -0.2) is 4.68 Å². The van der Waals surface area contributed by atoms with E-state index in [1.165, 1.54) is 19.4 Å². The molecule has 1 aliphatic heterocycles. The van der Waals surface area contributed by atoms with Crippen LogP contribution in [-0.2, 0) is 6.61 Å². The number of amides is 1. The van der Waals surface area contributed by atoms with Crippen molar-refractivity contribution in [3.8, 4) is 17.2 Å². The third kappa shape index (κ3) is 4.24. The number of ether oxygens (including phenoxy) is 2. The number of hydrogen-bond acceptors (Lipinski definition) is 7. The maximum absolute atomic E-state index is 12.8. The molecule has 10 nitrogen and oxygen atoms in total. The number of aromatic nitrogens is 2. The highest BCUT2D eigenvalue weighted by Gasteiger charge is 2.29. The average Bonchev–Trinajstić information content (AvgIpc) is 3.32. The topological polar surface area (TPSA) is 121 Å². The molecule has 0 bridgehead atoms. The molecule has 0 spiro atoms. The van der Waals surface area contributed by atoms with Crippen molar-refractivity contribution in [2.45, 2.75) is 12.8 Å². The molecule has 2 N–H and O–H groups in total. The van der Waals surface area contributed by atoms with Crippen molar-refractivity contribution in [3.63, 3.8) is 0 Å². The van der Waals surface area contributed by atoms with E-state index in [1.54, 1.807) is 28.9 Å². The van der Waals surface area contributed by atoms with Crippen LogP contribution in [0.25, 0.3) is 5.69 Å². The second kappa shape index (κ2) is 9.18. The van der Waals surface area contributed by atoms with Gasteiger partial charge in [-0.15, -0.1) is 0 Å². The van der Waals surface area contributed by atoms with Gasteiger partial charge in [0.2, 0.25) is 0 Å². The first-order valence-electron chi connectivity index (χ1n) is 10.8. The third-order valence-corrected chi connectivity index (χ3v) is 5.65. The third-order valence-electron chi connectivity index (χ3n) is 5.65. The number of nitro groups is 1. The Balaban J connectivity index is 1.43. The van der Waals surface area contributed by atoms with Crippen LogP contribution < -0.4 is 20.1 Å².